The number of hydrogen-bond acceptors (Lipinski definition) is 4. The van der Waals surface area contributed by atoms with Crippen molar-refractivity contribution in [3.63, 3.8) is 0 Å². The summed E-state index contributed by atoms with van der Waals surface area (Å²) in [5.74, 6) is -0.418. The Labute approximate surface area is 174 Å². The lowest BCUT2D eigenvalue weighted by atomic mass is 9.95. The number of nitrogens with one attached hydrogen (secondary N) is 1. The Bertz CT molecular complexity index is 873. The number of methoxy groups -OCH3 is 1. The number of pyridine rings is 1. The second-order valence-electron chi connectivity index (χ2n) is 7.70. The van der Waals surface area contributed by atoms with E-state index in [2.05, 4.69) is 9.71 Å². The van der Waals surface area contributed by atoms with Crippen molar-refractivity contribution in [1.82, 2.24) is 9.71 Å². The summed E-state index contributed by atoms with van der Waals surface area (Å²) in [4.78, 5) is 16.4. The van der Waals surface area contributed by atoms with Crippen molar-refractivity contribution in [2.24, 2.45) is 0 Å². The molecule has 0 amide bonds. The first-order valence-corrected chi connectivity index (χ1v) is 10.5. The predicted molar refractivity (Wildman–Crippen MR) is 115 cm³/mol. The largest absolute Gasteiger partial charge is 0.469 e. The van der Waals surface area contributed by atoms with E-state index in [0.717, 1.165) is 22.3 Å². The highest BCUT2D eigenvalue weighted by Crippen LogP contribution is 2.31. The number of aryl methyl sites for hydroxylation is 2. The Kier molecular flexibility index (Phi) is 7.37. The zero-order valence-electron chi connectivity index (χ0n) is 17.1. The van der Waals surface area contributed by atoms with Crippen LogP contribution in [0.1, 0.15) is 50.1 Å². The Morgan fingerprint density at radius 1 is 1.25 bits per heavy atom. The molecule has 2 rings (SSSR count). The van der Waals surface area contributed by atoms with Crippen LogP contribution in [0.2, 0.25) is 5.15 Å². The lowest BCUT2D eigenvalue weighted by Gasteiger charge is -2.24. The lowest BCUT2D eigenvalue weighted by Crippen LogP contribution is -2.37. The number of halogens is 1. The van der Waals surface area contributed by atoms with Gasteiger partial charge in [0.15, 0.2) is 0 Å². The number of esters is 1. The highest BCUT2D eigenvalue weighted by Gasteiger charge is 2.27. The number of aromatic nitrogens is 1. The van der Waals surface area contributed by atoms with Crippen LogP contribution in [0.25, 0.3) is 11.1 Å². The van der Waals surface area contributed by atoms with Gasteiger partial charge in [-0.3, -0.25) is 4.79 Å². The predicted octanol–water partition coefficient (Wildman–Crippen LogP) is 4.67. The molecule has 7 heteroatoms. The van der Waals surface area contributed by atoms with Gasteiger partial charge < -0.3 is 4.74 Å². The first-order valence-electron chi connectivity index (χ1n) is 9.02. The number of ether oxygens (including phenoxy) is 1. The molecule has 0 aliphatic heterocycles. The van der Waals surface area contributed by atoms with Gasteiger partial charge in [0, 0.05) is 0 Å². The number of nitrogens with zero attached hydrogens (tertiary/aromatic N) is 1. The van der Waals surface area contributed by atoms with Crippen LogP contribution in [-0.2, 0) is 20.5 Å². The normalized spacial score (nSPS) is 13.8. The fourth-order valence-corrected chi connectivity index (χ4v) is 3.90. The zero-order chi connectivity index (χ0) is 21.1. The zero-order valence-corrected chi connectivity index (χ0v) is 18.7. The number of carbonyl (C=O) groups is 1. The van der Waals surface area contributed by atoms with Crippen LogP contribution in [0.5, 0.6) is 0 Å². The Morgan fingerprint density at radius 2 is 1.86 bits per heavy atom. The van der Waals surface area contributed by atoms with Gasteiger partial charge in [-0.15, -0.1) is 0 Å². The van der Waals surface area contributed by atoms with Gasteiger partial charge in [0.2, 0.25) is 0 Å². The summed E-state index contributed by atoms with van der Waals surface area (Å²) in [6, 6.07) is 9.18. The van der Waals surface area contributed by atoms with Crippen molar-refractivity contribution >= 4 is 28.6 Å². The third-order valence-electron chi connectivity index (χ3n) is 4.34. The second-order valence-corrected chi connectivity index (χ2v) is 10.1. The topological polar surface area (TPSA) is 68.3 Å². The molecule has 2 atom stereocenters. The van der Waals surface area contributed by atoms with Gasteiger partial charge in [-0.05, 0) is 69.0 Å². The minimum absolute atomic E-state index is 0.00213. The van der Waals surface area contributed by atoms with Crippen LogP contribution in [0, 0.1) is 13.8 Å². The molecule has 1 aromatic carbocycles. The fraction of sp³-hybridized carbons (Fsp3) is 0.429. The van der Waals surface area contributed by atoms with Crippen LogP contribution >= 0.6 is 11.6 Å². The summed E-state index contributed by atoms with van der Waals surface area (Å²) in [5, 5.41) is 0.313. The van der Waals surface area contributed by atoms with E-state index in [1.807, 2.05) is 58.9 Å². The highest BCUT2D eigenvalue weighted by atomic mass is 35.5. The first-order chi connectivity index (χ1) is 13.0. The molecule has 1 aromatic heterocycles. The van der Waals surface area contributed by atoms with Crippen molar-refractivity contribution in [3.8, 4) is 11.1 Å². The van der Waals surface area contributed by atoms with Gasteiger partial charge in [0.05, 0.1) is 41.0 Å². The number of hydrogen-bond donors (Lipinski definition) is 1. The monoisotopic (exact) mass is 422 g/mol. The molecule has 28 heavy (non-hydrogen) atoms. The van der Waals surface area contributed by atoms with Crippen LogP contribution in [0.4, 0.5) is 0 Å². The molecule has 2 aromatic rings. The summed E-state index contributed by atoms with van der Waals surface area (Å²) >= 11 is 6.31. The maximum Gasteiger partial charge on any atom is 0.307 e. The Hall–Kier alpha value is -1.76. The maximum absolute atomic E-state index is 12.7. The number of carbonyl (C=O) groups excluding carboxylic acids is 1. The van der Waals surface area contributed by atoms with E-state index in [4.69, 9.17) is 16.3 Å². The SMILES string of the molecule is COC(=O)C[C@H](N[S@](=O)C(C)(C)C)c1cc(-c2c(C)cccc2C)cc(Cl)n1. The molecular weight excluding hydrogens is 396 g/mol. The highest BCUT2D eigenvalue weighted by molar-refractivity contribution is 7.84. The maximum atomic E-state index is 12.7. The molecule has 0 radical (unpaired) electrons. The quantitative estimate of drug-likeness (QED) is 0.542. The third-order valence-corrected chi connectivity index (χ3v) is 6.15. The molecular formula is C21H27ClN2O3S. The van der Waals surface area contributed by atoms with E-state index in [-0.39, 0.29) is 6.42 Å². The van der Waals surface area contributed by atoms with Crippen LogP contribution in [0.3, 0.4) is 0 Å². The standard InChI is InChI=1S/C21H27ClN2O3S/c1-13-8-7-9-14(2)20(13)15-10-16(23-18(22)11-15)17(12-19(25)27-6)24-28(26)21(3,4)5/h7-11,17,24H,12H2,1-6H3/t17-,28+/m0/s1. The third kappa shape index (κ3) is 5.63. The second kappa shape index (κ2) is 9.16. The molecule has 1 heterocycles. The van der Waals surface area contributed by atoms with Gasteiger partial charge in [0.25, 0.3) is 0 Å². The van der Waals surface area contributed by atoms with Crippen molar-refractivity contribution < 1.29 is 13.7 Å². The average Bonchev–Trinajstić information content (AvgIpc) is 2.59. The molecule has 0 bridgehead atoms. The molecule has 0 spiro atoms. The van der Waals surface area contributed by atoms with E-state index in [9.17, 15) is 9.00 Å². The molecule has 1 N–H and O–H groups in total. The molecule has 152 valence electrons. The molecule has 0 aliphatic carbocycles. The Morgan fingerprint density at radius 3 is 2.39 bits per heavy atom. The number of benzene rings is 1. The molecule has 0 fully saturated rings. The van der Waals surface area contributed by atoms with E-state index >= 15 is 0 Å². The van der Waals surface area contributed by atoms with Crippen LogP contribution in [0.15, 0.2) is 30.3 Å². The molecule has 5 nitrogen and oxygen atoms in total. The van der Waals surface area contributed by atoms with Gasteiger partial charge in [-0.1, -0.05) is 29.8 Å². The molecule has 0 saturated heterocycles. The summed E-state index contributed by atoms with van der Waals surface area (Å²) in [6.45, 7) is 9.65. The minimum atomic E-state index is -1.39. The summed E-state index contributed by atoms with van der Waals surface area (Å²) in [7, 11) is -0.0666. The molecule has 0 aliphatic rings. The van der Waals surface area contributed by atoms with Gasteiger partial charge in [0.1, 0.15) is 5.15 Å². The van der Waals surface area contributed by atoms with E-state index in [1.54, 1.807) is 6.07 Å². The van der Waals surface area contributed by atoms with E-state index in [0.29, 0.717) is 10.8 Å². The summed E-state index contributed by atoms with van der Waals surface area (Å²) in [6.07, 6.45) is -0.00213. The Balaban J connectivity index is 2.52. The van der Waals surface area contributed by atoms with Crippen LogP contribution in [-0.4, -0.2) is 27.0 Å². The molecule has 0 unspecified atom stereocenters. The van der Waals surface area contributed by atoms with E-state index in [1.165, 1.54) is 7.11 Å². The number of rotatable bonds is 6. The first kappa shape index (κ1) is 22.5. The van der Waals surface area contributed by atoms with E-state index < -0.39 is 27.7 Å². The molecule has 0 saturated carbocycles. The van der Waals surface area contributed by atoms with Crippen molar-refractivity contribution in [2.75, 3.05) is 7.11 Å². The van der Waals surface area contributed by atoms with Crippen molar-refractivity contribution in [3.05, 3.63) is 52.3 Å². The van der Waals surface area contributed by atoms with Crippen molar-refractivity contribution in [1.29, 1.82) is 0 Å². The summed E-state index contributed by atoms with van der Waals surface area (Å²) < 4.78 is 20.0. The van der Waals surface area contributed by atoms with Gasteiger partial charge >= 0.3 is 5.97 Å². The van der Waals surface area contributed by atoms with Crippen LogP contribution < -0.4 is 4.72 Å². The average molecular weight is 423 g/mol. The van der Waals surface area contributed by atoms with Gasteiger partial charge in [-0.2, -0.15) is 0 Å². The summed E-state index contributed by atoms with van der Waals surface area (Å²) in [5.41, 5.74) is 4.76. The minimum Gasteiger partial charge on any atom is -0.469 e. The fourth-order valence-electron chi connectivity index (χ4n) is 2.87. The van der Waals surface area contributed by atoms with Crippen molar-refractivity contribution in [2.45, 2.75) is 51.8 Å². The lowest BCUT2D eigenvalue weighted by molar-refractivity contribution is -0.141. The van der Waals surface area contributed by atoms with Gasteiger partial charge in [-0.25, -0.2) is 13.9 Å². The smallest absolute Gasteiger partial charge is 0.307 e.